The van der Waals surface area contributed by atoms with Crippen LogP contribution in [0.2, 0.25) is 0 Å². The third-order valence-electron chi connectivity index (χ3n) is 5.07. The molecule has 0 atom stereocenters. The summed E-state index contributed by atoms with van der Waals surface area (Å²) in [5, 5.41) is 0. The van der Waals surface area contributed by atoms with Crippen LogP contribution in [-0.4, -0.2) is 56.4 Å². The number of nitrogens with zero attached hydrogens (tertiary/aromatic N) is 2. The van der Waals surface area contributed by atoms with Crippen molar-refractivity contribution < 1.29 is 9.13 Å². The molecule has 2 N–H and O–H groups in total. The van der Waals surface area contributed by atoms with Gasteiger partial charge in [-0.2, -0.15) is 0 Å². The number of piperazine rings is 1. The average Bonchev–Trinajstić information content (AvgIpc) is 2.49. The Morgan fingerprint density at radius 3 is 2.33 bits per heavy atom. The molecule has 1 aromatic carbocycles. The molecule has 2 aliphatic rings. The fraction of sp³-hybridized carbons (Fsp3) is 0.625. The summed E-state index contributed by atoms with van der Waals surface area (Å²) in [7, 11) is 1.78. The van der Waals surface area contributed by atoms with E-state index < -0.39 is 0 Å². The highest BCUT2D eigenvalue weighted by Gasteiger charge is 2.48. The highest BCUT2D eigenvalue weighted by atomic mass is 19.1. The largest absolute Gasteiger partial charge is 0.381 e. The number of hydrogen-bond donors (Lipinski definition) is 1. The number of ether oxygens (including phenoxy) is 1. The average molecular weight is 293 g/mol. The van der Waals surface area contributed by atoms with Crippen LogP contribution in [-0.2, 0) is 4.74 Å². The van der Waals surface area contributed by atoms with Crippen LogP contribution in [0.15, 0.2) is 24.3 Å². The molecule has 1 aromatic rings. The minimum atomic E-state index is -0.181. The summed E-state index contributed by atoms with van der Waals surface area (Å²) in [5.74, 6) is -0.181. The summed E-state index contributed by atoms with van der Waals surface area (Å²) in [5.41, 5.74) is 7.26. The second-order valence-electron chi connectivity index (χ2n) is 6.14. The molecule has 21 heavy (non-hydrogen) atoms. The van der Waals surface area contributed by atoms with Gasteiger partial charge in [-0.05, 0) is 37.1 Å². The van der Waals surface area contributed by atoms with Crippen molar-refractivity contribution in [1.29, 1.82) is 0 Å². The molecular formula is C16H24FN3O. The molecule has 1 saturated heterocycles. The quantitative estimate of drug-likeness (QED) is 0.912. The zero-order chi connectivity index (χ0) is 14.9. The van der Waals surface area contributed by atoms with E-state index in [2.05, 4.69) is 9.80 Å². The highest BCUT2D eigenvalue weighted by molar-refractivity contribution is 5.46. The highest BCUT2D eigenvalue weighted by Crippen LogP contribution is 2.39. The normalized spacial score (nSPS) is 30.2. The molecule has 0 aromatic heterocycles. The van der Waals surface area contributed by atoms with Crippen LogP contribution in [0.5, 0.6) is 0 Å². The molecule has 1 aliphatic carbocycles. The van der Waals surface area contributed by atoms with Crippen molar-refractivity contribution in [3.8, 4) is 0 Å². The SMILES string of the molecule is COC1CC(CN)(N2CCN(c3ccc(F)cc3)CC2)C1. The Bertz CT molecular complexity index is 465. The third kappa shape index (κ3) is 2.78. The van der Waals surface area contributed by atoms with Gasteiger partial charge in [-0.1, -0.05) is 0 Å². The van der Waals surface area contributed by atoms with E-state index in [0.29, 0.717) is 12.6 Å². The first-order valence-electron chi connectivity index (χ1n) is 7.65. The Morgan fingerprint density at radius 2 is 1.81 bits per heavy atom. The zero-order valence-corrected chi connectivity index (χ0v) is 12.6. The zero-order valence-electron chi connectivity index (χ0n) is 12.6. The Morgan fingerprint density at radius 1 is 1.19 bits per heavy atom. The van der Waals surface area contributed by atoms with Crippen LogP contribution in [0.3, 0.4) is 0 Å². The molecule has 2 fully saturated rings. The van der Waals surface area contributed by atoms with Gasteiger partial charge in [0.1, 0.15) is 5.82 Å². The molecule has 0 unspecified atom stereocenters. The van der Waals surface area contributed by atoms with Crippen molar-refractivity contribution in [3.05, 3.63) is 30.1 Å². The fourth-order valence-corrected chi connectivity index (χ4v) is 3.60. The Hall–Kier alpha value is -1.17. The summed E-state index contributed by atoms with van der Waals surface area (Å²) in [6.45, 7) is 4.63. The first-order valence-corrected chi connectivity index (χ1v) is 7.65. The molecule has 1 heterocycles. The smallest absolute Gasteiger partial charge is 0.123 e. The van der Waals surface area contributed by atoms with Crippen LogP contribution in [0.4, 0.5) is 10.1 Å². The van der Waals surface area contributed by atoms with Crippen LogP contribution in [0.1, 0.15) is 12.8 Å². The number of nitrogens with two attached hydrogens (primary N) is 1. The van der Waals surface area contributed by atoms with Crippen molar-refractivity contribution in [3.63, 3.8) is 0 Å². The summed E-state index contributed by atoms with van der Waals surface area (Å²) in [6, 6.07) is 6.76. The third-order valence-corrected chi connectivity index (χ3v) is 5.07. The maximum atomic E-state index is 13.0. The molecule has 0 radical (unpaired) electrons. The molecular weight excluding hydrogens is 269 g/mol. The molecule has 4 nitrogen and oxygen atoms in total. The Balaban J connectivity index is 1.59. The van der Waals surface area contributed by atoms with E-state index in [1.807, 2.05) is 12.1 Å². The predicted molar refractivity (Wildman–Crippen MR) is 82.0 cm³/mol. The number of rotatable bonds is 4. The minimum absolute atomic E-state index is 0.134. The second-order valence-corrected chi connectivity index (χ2v) is 6.14. The van der Waals surface area contributed by atoms with Crippen LogP contribution >= 0.6 is 0 Å². The number of hydrogen-bond acceptors (Lipinski definition) is 4. The number of anilines is 1. The lowest BCUT2D eigenvalue weighted by Gasteiger charge is -2.55. The lowest BCUT2D eigenvalue weighted by molar-refractivity contribution is -0.0885. The molecule has 0 spiro atoms. The van der Waals surface area contributed by atoms with Gasteiger partial charge in [0.25, 0.3) is 0 Å². The number of halogens is 1. The van der Waals surface area contributed by atoms with E-state index in [1.54, 1.807) is 7.11 Å². The van der Waals surface area contributed by atoms with Gasteiger partial charge < -0.3 is 15.4 Å². The van der Waals surface area contributed by atoms with Crippen molar-refractivity contribution >= 4 is 5.69 Å². The first-order chi connectivity index (χ1) is 10.2. The maximum absolute atomic E-state index is 13.0. The Labute approximate surface area is 125 Å². The molecule has 3 rings (SSSR count). The number of benzene rings is 1. The molecule has 1 aliphatic heterocycles. The van der Waals surface area contributed by atoms with E-state index in [4.69, 9.17) is 10.5 Å². The van der Waals surface area contributed by atoms with E-state index in [-0.39, 0.29) is 11.4 Å². The first kappa shape index (κ1) is 14.8. The monoisotopic (exact) mass is 293 g/mol. The van der Waals surface area contributed by atoms with E-state index in [9.17, 15) is 4.39 Å². The molecule has 0 amide bonds. The molecule has 1 saturated carbocycles. The van der Waals surface area contributed by atoms with E-state index >= 15 is 0 Å². The molecule has 5 heteroatoms. The maximum Gasteiger partial charge on any atom is 0.123 e. The lowest BCUT2D eigenvalue weighted by Crippen LogP contribution is -2.67. The number of methoxy groups -OCH3 is 1. The predicted octanol–water partition coefficient (Wildman–Crippen LogP) is 1.45. The van der Waals surface area contributed by atoms with E-state index in [1.165, 1.54) is 12.1 Å². The topological polar surface area (TPSA) is 41.7 Å². The van der Waals surface area contributed by atoms with Gasteiger partial charge in [-0.25, -0.2) is 4.39 Å². The van der Waals surface area contributed by atoms with Gasteiger partial charge in [-0.15, -0.1) is 0 Å². The standard InChI is InChI=1S/C16H24FN3O/c1-21-15-10-16(11-15,12-18)20-8-6-19(7-9-20)14-4-2-13(17)3-5-14/h2-5,15H,6-12,18H2,1H3. The van der Waals surface area contributed by atoms with Gasteiger partial charge in [0.15, 0.2) is 0 Å². The molecule has 116 valence electrons. The van der Waals surface area contributed by atoms with Crippen LogP contribution in [0, 0.1) is 5.82 Å². The van der Waals surface area contributed by atoms with Crippen molar-refractivity contribution in [2.24, 2.45) is 5.73 Å². The van der Waals surface area contributed by atoms with Crippen LogP contribution in [0.25, 0.3) is 0 Å². The van der Waals surface area contributed by atoms with Gasteiger partial charge in [-0.3, -0.25) is 4.90 Å². The summed E-state index contributed by atoms with van der Waals surface area (Å²) in [4.78, 5) is 4.83. The Kier molecular flexibility index (Phi) is 4.15. The van der Waals surface area contributed by atoms with Crippen molar-refractivity contribution in [1.82, 2.24) is 4.90 Å². The lowest BCUT2D eigenvalue weighted by atomic mass is 9.72. The van der Waals surface area contributed by atoms with Crippen molar-refractivity contribution in [2.45, 2.75) is 24.5 Å². The van der Waals surface area contributed by atoms with Gasteiger partial charge in [0.2, 0.25) is 0 Å². The van der Waals surface area contributed by atoms with Gasteiger partial charge in [0.05, 0.1) is 6.10 Å². The fourth-order valence-electron chi connectivity index (χ4n) is 3.60. The van der Waals surface area contributed by atoms with E-state index in [0.717, 1.165) is 44.7 Å². The summed E-state index contributed by atoms with van der Waals surface area (Å²) in [6.07, 6.45) is 2.44. The molecule has 0 bridgehead atoms. The summed E-state index contributed by atoms with van der Waals surface area (Å²) >= 11 is 0. The minimum Gasteiger partial charge on any atom is -0.381 e. The van der Waals surface area contributed by atoms with Crippen molar-refractivity contribution in [2.75, 3.05) is 44.7 Å². The van der Waals surface area contributed by atoms with Gasteiger partial charge in [0, 0.05) is 51.1 Å². The second kappa shape index (κ2) is 5.91. The van der Waals surface area contributed by atoms with Gasteiger partial charge >= 0.3 is 0 Å². The summed E-state index contributed by atoms with van der Waals surface area (Å²) < 4.78 is 18.4. The van der Waals surface area contributed by atoms with Crippen LogP contribution < -0.4 is 10.6 Å².